The zero-order valence-electron chi connectivity index (χ0n) is 15.9. The fourth-order valence-corrected chi connectivity index (χ4v) is 4.26. The highest BCUT2D eigenvalue weighted by Gasteiger charge is 2.34. The highest BCUT2D eigenvalue weighted by atomic mass is 32.2. The lowest BCUT2D eigenvalue weighted by atomic mass is 10.3. The van der Waals surface area contributed by atoms with E-state index < -0.39 is 28.0 Å². The number of imide groups is 1. The van der Waals surface area contributed by atoms with Gasteiger partial charge in [-0.25, -0.2) is 13.2 Å². The van der Waals surface area contributed by atoms with E-state index in [0.29, 0.717) is 17.2 Å². The van der Waals surface area contributed by atoms with Gasteiger partial charge in [-0.2, -0.15) is 4.31 Å². The van der Waals surface area contributed by atoms with Crippen LogP contribution < -0.4 is 20.1 Å². The Hall–Kier alpha value is -3.11. The molecule has 1 aliphatic heterocycles. The Balaban J connectivity index is 1.72. The third-order valence-electron chi connectivity index (χ3n) is 4.35. The molecule has 1 aliphatic rings. The van der Waals surface area contributed by atoms with Gasteiger partial charge in [-0.05, 0) is 48.5 Å². The Bertz CT molecular complexity index is 990. The Kier molecular flexibility index (Phi) is 6.04. The molecule has 1 fully saturated rings. The summed E-state index contributed by atoms with van der Waals surface area (Å²) in [5.41, 5.74) is 0. The molecule has 29 heavy (non-hydrogen) atoms. The molecule has 0 bridgehead atoms. The van der Waals surface area contributed by atoms with Gasteiger partial charge in [0, 0.05) is 13.1 Å². The van der Waals surface area contributed by atoms with E-state index in [2.05, 4.69) is 10.6 Å². The van der Waals surface area contributed by atoms with E-state index in [1.165, 1.54) is 12.1 Å². The quantitative estimate of drug-likeness (QED) is 0.630. The predicted octanol–water partition coefficient (Wildman–Crippen LogP) is 1.71. The number of urea groups is 1. The molecule has 3 rings (SSSR count). The van der Waals surface area contributed by atoms with E-state index in [4.69, 9.17) is 9.47 Å². The van der Waals surface area contributed by atoms with Crippen LogP contribution in [-0.2, 0) is 14.8 Å². The van der Waals surface area contributed by atoms with Crippen molar-refractivity contribution in [2.24, 2.45) is 0 Å². The minimum absolute atomic E-state index is 0.0613. The van der Waals surface area contributed by atoms with Gasteiger partial charge >= 0.3 is 6.03 Å². The minimum Gasteiger partial charge on any atom is -0.497 e. The molecule has 2 N–H and O–H groups in total. The standard InChI is InChI=1S/C19H21N3O6S/c1-3-22(12-17-18(23)21-19(24)20-17)29(25,26)16-10-8-15(9-11-16)28-14-6-4-13(27-2)5-7-14/h4-11,17H,3,12H2,1-2H3,(H2,20,21,23,24)/t17-/m0/s1. The summed E-state index contributed by atoms with van der Waals surface area (Å²) < 4.78 is 37.7. The Morgan fingerprint density at radius 1 is 0.966 bits per heavy atom. The van der Waals surface area contributed by atoms with Crippen molar-refractivity contribution < 1.29 is 27.5 Å². The van der Waals surface area contributed by atoms with Crippen LogP contribution in [0.1, 0.15) is 6.92 Å². The third kappa shape index (κ3) is 4.66. The maximum atomic E-state index is 12.9. The van der Waals surface area contributed by atoms with Gasteiger partial charge in [0.15, 0.2) is 0 Å². The zero-order chi connectivity index (χ0) is 21.0. The van der Waals surface area contributed by atoms with Crippen LogP contribution in [0, 0.1) is 0 Å². The fraction of sp³-hybridized carbons (Fsp3) is 0.263. The minimum atomic E-state index is -3.85. The molecule has 2 aromatic rings. The lowest BCUT2D eigenvalue weighted by Gasteiger charge is -2.22. The first-order chi connectivity index (χ1) is 13.8. The summed E-state index contributed by atoms with van der Waals surface area (Å²) in [4.78, 5) is 23.0. The van der Waals surface area contributed by atoms with Crippen LogP contribution in [0.2, 0.25) is 0 Å². The molecule has 0 aliphatic carbocycles. The van der Waals surface area contributed by atoms with E-state index in [0.717, 1.165) is 4.31 Å². The number of carbonyl (C=O) groups excluding carboxylic acids is 2. The Morgan fingerprint density at radius 2 is 1.52 bits per heavy atom. The van der Waals surface area contributed by atoms with Gasteiger partial charge in [0.1, 0.15) is 23.3 Å². The molecular formula is C19H21N3O6S. The first-order valence-electron chi connectivity index (χ1n) is 8.87. The second kappa shape index (κ2) is 8.50. The molecule has 10 heteroatoms. The van der Waals surface area contributed by atoms with Gasteiger partial charge in [0.05, 0.1) is 12.0 Å². The first kappa shape index (κ1) is 20.6. The van der Waals surface area contributed by atoms with Gasteiger partial charge in [0.25, 0.3) is 5.91 Å². The van der Waals surface area contributed by atoms with Gasteiger partial charge < -0.3 is 14.8 Å². The normalized spacial score (nSPS) is 16.4. The van der Waals surface area contributed by atoms with Crippen molar-refractivity contribution in [3.63, 3.8) is 0 Å². The number of benzene rings is 2. The second-order valence-corrected chi connectivity index (χ2v) is 8.16. The lowest BCUT2D eigenvalue weighted by molar-refractivity contribution is -0.120. The molecule has 2 aromatic carbocycles. The SMILES string of the molecule is CCN(C[C@@H]1NC(=O)NC1=O)S(=O)(=O)c1ccc(Oc2ccc(OC)cc2)cc1. The topological polar surface area (TPSA) is 114 Å². The second-order valence-electron chi connectivity index (χ2n) is 6.22. The molecule has 1 heterocycles. The van der Waals surface area contributed by atoms with Crippen LogP contribution in [0.4, 0.5) is 4.79 Å². The third-order valence-corrected chi connectivity index (χ3v) is 6.31. The summed E-state index contributed by atoms with van der Waals surface area (Å²) >= 11 is 0. The molecule has 9 nitrogen and oxygen atoms in total. The molecule has 0 aromatic heterocycles. The predicted molar refractivity (Wildman–Crippen MR) is 104 cm³/mol. The van der Waals surface area contributed by atoms with Gasteiger partial charge in [-0.15, -0.1) is 0 Å². The monoisotopic (exact) mass is 419 g/mol. The fourth-order valence-electron chi connectivity index (χ4n) is 2.80. The van der Waals surface area contributed by atoms with Crippen LogP contribution in [0.3, 0.4) is 0 Å². The number of nitrogens with zero attached hydrogens (tertiary/aromatic N) is 1. The highest BCUT2D eigenvalue weighted by molar-refractivity contribution is 7.89. The van der Waals surface area contributed by atoms with Crippen LogP contribution in [0.15, 0.2) is 53.4 Å². The average Bonchev–Trinajstić information content (AvgIpc) is 3.03. The van der Waals surface area contributed by atoms with Crippen LogP contribution in [0.5, 0.6) is 17.2 Å². The number of likely N-dealkylation sites (N-methyl/N-ethyl adjacent to an activating group) is 1. The molecule has 1 saturated heterocycles. The molecular weight excluding hydrogens is 398 g/mol. The number of hydrogen-bond acceptors (Lipinski definition) is 6. The first-order valence-corrected chi connectivity index (χ1v) is 10.3. The van der Waals surface area contributed by atoms with Gasteiger partial charge in [0.2, 0.25) is 10.0 Å². The van der Waals surface area contributed by atoms with Crippen molar-refractivity contribution in [2.45, 2.75) is 17.9 Å². The maximum absolute atomic E-state index is 12.9. The van der Waals surface area contributed by atoms with E-state index in [-0.39, 0.29) is 18.0 Å². The van der Waals surface area contributed by atoms with Gasteiger partial charge in [-0.1, -0.05) is 6.92 Å². The van der Waals surface area contributed by atoms with Crippen molar-refractivity contribution in [1.82, 2.24) is 14.9 Å². The average molecular weight is 419 g/mol. The molecule has 3 amide bonds. The van der Waals surface area contributed by atoms with Crippen LogP contribution in [0.25, 0.3) is 0 Å². The summed E-state index contributed by atoms with van der Waals surface area (Å²) in [7, 11) is -2.28. The lowest BCUT2D eigenvalue weighted by Crippen LogP contribution is -2.44. The van der Waals surface area contributed by atoms with E-state index in [1.807, 2.05) is 0 Å². The summed E-state index contributed by atoms with van der Waals surface area (Å²) in [5, 5.41) is 4.49. The number of nitrogens with one attached hydrogen (secondary N) is 2. The van der Waals surface area contributed by atoms with Crippen molar-refractivity contribution >= 4 is 22.0 Å². The Labute approximate surface area is 168 Å². The summed E-state index contributed by atoms with van der Waals surface area (Å²) in [6.45, 7) is 1.65. The number of methoxy groups -OCH3 is 1. The molecule has 0 radical (unpaired) electrons. The van der Waals surface area contributed by atoms with Crippen molar-refractivity contribution in [3.8, 4) is 17.2 Å². The van der Waals surface area contributed by atoms with Crippen LogP contribution in [-0.4, -0.2) is 50.9 Å². The highest BCUT2D eigenvalue weighted by Crippen LogP contribution is 2.26. The number of ether oxygens (including phenoxy) is 2. The summed E-state index contributed by atoms with van der Waals surface area (Å²) in [6.07, 6.45) is 0. The number of amides is 3. The van der Waals surface area contributed by atoms with E-state index in [9.17, 15) is 18.0 Å². The van der Waals surface area contributed by atoms with Gasteiger partial charge in [-0.3, -0.25) is 10.1 Å². The molecule has 0 unspecified atom stereocenters. The number of sulfonamides is 1. The number of hydrogen-bond donors (Lipinski definition) is 2. The number of carbonyl (C=O) groups is 2. The largest absolute Gasteiger partial charge is 0.497 e. The number of rotatable bonds is 8. The molecule has 0 spiro atoms. The molecule has 0 saturated carbocycles. The zero-order valence-corrected chi connectivity index (χ0v) is 16.7. The van der Waals surface area contributed by atoms with Crippen molar-refractivity contribution in [3.05, 3.63) is 48.5 Å². The molecule has 1 atom stereocenters. The summed E-state index contributed by atoms with van der Waals surface area (Å²) in [5.74, 6) is 1.21. The van der Waals surface area contributed by atoms with Crippen molar-refractivity contribution in [2.75, 3.05) is 20.2 Å². The van der Waals surface area contributed by atoms with E-state index in [1.54, 1.807) is 50.4 Å². The van der Waals surface area contributed by atoms with Crippen molar-refractivity contribution in [1.29, 1.82) is 0 Å². The smallest absolute Gasteiger partial charge is 0.322 e. The summed E-state index contributed by atoms with van der Waals surface area (Å²) in [6, 6.07) is 11.4. The molecule has 154 valence electrons. The van der Waals surface area contributed by atoms with E-state index >= 15 is 0 Å². The maximum Gasteiger partial charge on any atom is 0.322 e. The van der Waals surface area contributed by atoms with Crippen LogP contribution >= 0.6 is 0 Å². The Morgan fingerprint density at radius 3 is 2.00 bits per heavy atom.